The largest absolute Gasteiger partial charge is 0.361 e. The van der Waals surface area contributed by atoms with Gasteiger partial charge in [-0.15, -0.1) is 0 Å². The minimum Gasteiger partial charge on any atom is -0.361 e. The van der Waals surface area contributed by atoms with E-state index >= 15 is 0 Å². The summed E-state index contributed by atoms with van der Waals surface area (Å²) in [6, 6.07) is 5.53. The molecule has 1 aliphatic rings. The number of amides is 1. The Morgan fingerprint density at radius 3 is 3.00 bits per heavy atom. The first kappa shape index (κ1) is 18.0. The Labute approximate surface area is 153 Å². The van der Waals surface area contributed by atoms with E-state index < -0.39 is 0 Å². The first-order chi connectivity index (χ1) is 12.2. The molecule has 0 aromatic carbocycles. The van der Waals surface area contributed by atoms with Gasteiger partial charge in [0.1, 0.15) is 10.8 Å². The van der Waals surface area contributed by atoms with E-state index in [1.54, 1.807) is 12.3 Å². The number of rotatable bonds is 8. The van der Waals surface area contributed by atoms with Gasteiger partial charge < -0.3 is 9.84 Å². The van der Waals surface area contributed by atoms with E-state index in [1.165, 1.54) is 43.9 Å². The number of thioether (sulfide) groups is 1. The number of hydrogen-bond donors (Lipinski definition) is 1. The number of hydrogen-bond acceptors (Lipinski definition) is 5. The van der Waals surface area contributed by atoms with Crippen LogP contribution in [0.2, 0.25) is 0 Å². The molecule has 1 N–H and O–H groups in total. The summed E-state index contributed by atoms with van der Waals surface area (Å²) in [7, 11) is 0. The van der Waals surface area contributed by atoms with Crippen molar-refractivity contribution in [1.29, 1.82) is 0 Å². The minimum absolute atomic E-state index is 0.0432. The maximum absolute atomic E-state index is 12.5. The maximum Gasteiger partial charge on any atom is 0.254 e. The van der Waals surface area contributed by atoms with Crippen molar-refractivity contribution in [2.24, 2.45) is 5.92 Å². The van der Waals surface area contributed by atoms with Crippen LogP contribution in [0.3, 0.4) is 0 Å². The Kier molecular flexibility index (Phi) is 6.50. The molecule has 0 saturated heterocycles. The molecule has 6 heteroatoms. The lowest BCUT2D eigenvalue weighted by Gasteiger charge is -2.10. The summed E-state index contributed by atoms with van der Waals surface area (Å²) in [5.41, 5.74) is 1.49. The first-order valence-corrected chi connectivity index (χ1v) is 9.99. The normalized spacial score (nSPS) is 14.8. The van der Waals surface area contributed by atoms with E-state index in [2.05, 4.69) is 15.5 Å². The molecule has 3 rings (SSSR count). The van der Waals surface area contributed by atoms with Crippen LogP contribution in [0.25, 0.3) is 0 Å². The van der Waals surface area contributed by atoms with Gasteiger partial charge >= 0.3 is 0 Å². The van der Waals surface area contributed by atoms with E-state index in [9.17, 15) is 4.79 Å². The molecule has 1 saturated carbocycles. The lowest BCUT2D eigenvalue weighted by Crippen LogP contribution is -2.25. The van der Waals surface area contributed by atoms with Crippen LogP contribution in [0.1, 0.15) is 60.3 Å². The predicted octanol–water partition coefficient (Wildman–Crippen LogP) is 4.37. The number of carbonyl (C=O) groups is 1. The van der Waals surface area contributed by atoms with Gasteiger partial charge in [-0.05, 0) is 37.8 Å². The van der Waals surface area contributed by atoms with Crippen LogP contribution in [0.4, 0.5) is 0 Å². The van der Waals surface area contributed by atoms with Gasteiger partial charge in [0, 0.05) is 24.6 Å². The Balaban J connectivity index is 1.49. The zero-order chi connectivity index (χ0) is 17.5. The van der Waals surface area contributed by atoms with Crippen molar-refractivity contribution >= 4 is 17.7 Å². The van der Waals surface area contributed by atoms with Crippen LogP contribution >= 0.6 is 11.8 Å². The van der Waals surface area contributed by atoms with Crippen molar-refractivity contribution in [2.45, 2.75) is 56.2 Å². The lowest BCUT2D eigenvalue weighted by atomic mass is 10.0. The molecule has 0 bridgehead atoms. The van der Waals surface area contributed by atoms with Crippen molar-refractivity contribution in [3.05, 3.63) is 41.4 Å². The molecule has 0 atom stereocenters. The molecule has 1 fully saturated rings. The Morgan fingerprint density at radius 1 is 1.40 bits per heavy atom. The maximum atomic E-state index is 12.5. The van der Waals surface area contributed by atoms with Crippen molar-refractivity contribution in [1.82, 2.24) is 15.5 Å². The summed E-state index contributed by atoms with van der Waals surface area (Å²) in [5.74, 6) is 2.25. The Bertz CT molecular complexity index is 695. The number of nitrogens with zero attached hydrogens (tertiary/aromatic N) is 2. The summed E-state index contributed by atoms with van der Waals surface area (Å²) < 4.78 is 5.08. The quantitative estimate of drug-likeness (QED) is 0.560. The molecule has 134 valence electrons. The van der Waals surface area contributed by atoms with Crippen LogP contribution in [0, 0.1) is 12.8 Å². The molecule has 0 spiro atoms. The van der Waals surface area contributed by atoms with Gasteiger partial charge in [0.15, 0.2) is 0 Å². The third-order valence-corrected chi connectivity index (χ3v) is 5.64. The van der Waals surface area contributed by atoms with Crippen molar-refractivity contribution in [3.8, 4) is 0 Å². The summed E-state index contributed by atoms with van der Waals surface area (Å²) >= 11 is 1.51. The molecule has 2 heterocycles. The number of aryl methyl sites for hydroxylation is 1. The fourth-order valence-corrected chi connectivity index (χ4v) is 4.17. The fraction of sp³-hybridized carbons (Fsp3) is 0.526. The molecular weight excluding hydrogens is 334 g/mol. The molecule has 0 radical (unpaired) electrons. The van der Waals surface area contributed by atoms with E-state index in [0.29, 0.717) is 11.3 Å². The SMILES string of the molecule is Cc1cc(CSc2ncccc2C(=O)NCCCC2CCCC2)no1. The second-order valence-corrected chi connectivity index (χ2v) is 7.59. The van der Waals surface area contributed by atoms with Crippen molar-refractivity contribution in [2.75, 3.05) is 6.54 Å². The molecule has 1 amide bonds. The van der Waals surface area contributed by atoms with Crippen molar-refractivity contribution in [3.63, 3.8) is 0 Å². The molecule has 25 heavy (non-hydrogen) atoms. The van der Waals surface area contributed by atoms with Gasteiger partial charge in [-0.3, -0.25) is 4.79 Å². The smallest absolute Gasteiger partial charge is 0.254 e. The zero-order valence-electron chi connectivity index (χ0n) is 14.7. The van der Waals surface area contributed by atoms with Crippen LogP contribution in [0.15, 0.2) is 33.9 Å². The molecule has 2 aromatic heterocycles. The van der Waals surface area contributed by atoms with Gasteiger partial charge in [-0.25, -0.2) is 4.98 Å². The highest BCUT2D eigenvalue weighted by atomic mass is 32.2. The van der Waals surface area contributed by atoms with E-state index in [4.69, 9.17) is 4.52 Å². The Morgan fingerprint density at radius 2 is 2.24 bits per heavy atom. The van der Waals surface area contributed by atoms with Gasteiger partial charge in [0.05, 0.1) is 11.3 Å². The highest BCUT2D eigenvalue weighted by Gasteiger charge is 2.16. The van der Waals surface area contributed by atoms with Crippen LogP contribution < -0.4 is 5.32 Å². The van der Waals surface area contributed by atoms with Crippen LogP contribution in [-0.2, 0) is 5.75 Å². The molecule has 0 aliphatic heterocycles. The van der Waals surface area contributed by atoms with Crippen LogP contribution in [-0.4, -0.2) is 22.6 Å². The monoisotopic (exact) mass is 359 g/mol. The highest BCUT2D eigenvalue weighted by Crippen LogP contribution is 2.28. The third-order valence-electron chi connectivity index (χ3n) is 4.60. The second-order valence-electron chi connectivity index (χ2n) is 6.62. The number of aromatic nitrogens is 2. The predicted molar refractivity (Wildman–Crippen MR) is 98.6 cm³/mol. The fourth-order valence-electron chi connectivity index (χ4n) is 3.29. The molecule has 0 unspecified atom stereocenters. The van der Waals surface area contributed by atoms with Gasteiger partial charge in [-0.1, -0.05) is 42.6 Å². The Hall–Kier alpha value is -1.82. The summed E-state index contributed by atoms with van der Waals surface area (Å²) in [5, 5.41) is 7.75. The highest BCUT2D eigenvalue weighted by molar-refractivity contribution is 7.98. The van der Waals surface area contributed by atoms with Crippen LogP contribution in [0.5, 0.6) is 0 Å². The lowest BCUT2D eigenvalue weighted by molar-refractivity contribution is 0.0949. The van der Waals surface area contributed by atoms with Crippen molar-refractivity contribution < 1.29 is 9.32 Å². The third kappa shape index (κ3) is 5.33. The summed E-state index contributed by atoms with van der Waals surface area (Å²) in [6.07, 6.45) is 9.46. The van der Waals surface area contributed by atoms with E-state index in [1.807, 2.05) is 19.1 Å². The van der Waals surface area contributed by atoms with E-state index in [0.717, 1.165) is 35.4 Å². The van der Waals surface area contributed by atoms with Gasteiger partial charge in [0.2, 0.25) is 0 Å². The average molecular weight is 359 g/mol. The first-order valence-electron chi connectivity index (χ1n) is 9.00. The molecule has 5 nitrogen and oxygen atoms in total. The average Bonchev–Trinajstić information content (AvgIpc) is 3.28. The van der Waals surface area contributed by atoms with E-state index in [-0.39, 0.29) is 5.91 Å². The summed E-state index contributed by atoms with van der Waals surface area (Å²) in [4.78, 5) is 16.8. The summed E-state index contributed by atoms with van der Waals surface area (Å²) in [6.45, 7) is 2.60. The topological polar surface area (TPSA) is 68.0 Å². The molecular formula is C19H25N3O2S. The van der Waals surface area contributed by atoms with Gasteiger partial charge in [-0.2, -0.15) is 0 Å². The minimum atomic E-state index is -0.0432. The molecule has 1 aliphatic carbocycles. The zero-order valence-corrected chi connectivity index (χ0v) is 15.5. The van der Waals surface area contributed by atoms with Gasteiger partial charge in [0.25, 0.3) is 5.91 Å². The number of carbonyl (C=O) groups excluding carboxylic acids is 1. The molecule has 2 aromatic rings. The number of pyridine rings is 1. The second kappa shape index (κ2) is 9.04. The number of nitrogens with one attached hydrogen (secondary N) is 1. The standard InChI is InChI=1S/C19H25N3O2S/c1-14-12-16(22-24-14)13-25-19-17(9-5-11-21-19)18(23)20-10-4-8-15-6-2-3-7-15/h5,9,11-12,15H,2-4,6-8,10,13H2,1H3,(H,20,23).